The number of methoxy groups -OCH3 is 2. The smallest absolute Gasteiger partial charge is 0.240 e. The first-order chi connectivity index (χ1) is 13.4. The Morgan fingerprint density at radius 2 is 1.71 bits per heavy atom. The number of nitrogens with one attached hydrogen (secondary N) is 1. The maximum Gasteiger partial charge on any atom is 0.240 e. The second-order valence-electron chi connectivity index (χ2n) is 6.71. The van der Waals surface area contributed by atoms with Crippen molar-refractivity contribution in [2.24, 2.45) is 0 Å². The summed E-state index contributed by atoms with van der Waals surface area (Å²) in [4.78, 5) is 2.55. The van der Waals surface area contributed by atoms with Crippen molar-refractivity contribution in [2.45, 2.75) is 24.3 Å². The molecule has 0 bridgehead atoms. The summed E-state index contributed by atoms with van der Waals surface area (Å²) in [5, 5.41) is 0.513. The van der Waals surface area contributed by atoms with Gasteiger partial charge in [0.05, 0.1) is 19.1 Å². The zero-order chi connectivity index (χ0) is 20.1. The molecule has 0 atom stereocenters. The molecule has 0 radical (unpaired) electrons. The Hall–Kier alpha value is -1.80. The van der Waals surface area contributed by atoms with Crippen molar-refractivity contribution >= 4 is 21.6 Å². The number of benzene rings is 2. The molecule has 0 aliphatic carbocycles. The van der Waals surface area contributed by atoms with E-state index in [0.717, 1.165) is 44.0 Å². The molecule has 0 saturated heterocycles. The maximum absolute atomic E-state index is 12.3. The van der Waals surface area contributed by atoms with Crippen LogP contribution in [0.5, 0.6) is 11.5 Å². The monoisotopic (exact) mass is 424 g/mol. The van der Waals surface area contributed by atoms with Gasteiger partial charge in [-0.05, 0) is 66.9 Å². The Labute approximate surface area is 171 Å². The first-order valence-electron chi connectivity index (χ1n) is 9.14. The first-order valence-corrected chi connectivity index (χ1v) is 11.0. The van der Waals surface area contributed by atoms with Crippen LogP contribution in [0.3, 0.4) is 0 Å². The molecule has 0 amide bonds. The van der Waals surface area contributed by atoms with Crippen LogP contribution in [0.2, 0.25) is 5.02 Å². The summed E-state index contributed by atoms with van der Waals surface area (Å²) < 4.78 is 38.0. The molecule has 0 fully saturated rings. The lowest BCUT2D eigenvalue weighted by molar-refractivity contribution is 0.250. The van der Waals surface area contributed by atoms with Crippen molar-refractivity contribution in [1.82, 2.24) is 9.62 Å². The lowest BCUT2D eigenvalue weighted by Gasteiger charge is -2.29. The molecular weight excluding hydrogens is 400 g/mol. The quantitative estimate of drug-likeness (QED) is 0.659. The molecule has 1 aliphatic rings. The Morgan fingerprint density at radius 1 is 1.07 bits per heavy atom. The average molecular weight is 425 g/mol. The van der Waals surface area contributed by atoms with E-state index in [9.17, 15) is 8.42 Å². The highest BCUT2D eigenvalue weighted by atomic mass is 35.5. The second kappa shape index (κ2) is 9.13. The van der Waals surface area contributed by atoms with Crippen molar-refractivity contribution in [3.8, 4) is 11.5 Å². The molecule has 0 spiro atoms. The molecule has 1 N–H and O–H groups in total. The van der Waals surface area contributed by atoms with E-state index >= 15 is 0 Å². The minimum atomic E-state index is -3.50. The highest BCUT2D eigenvalue weighted by Gasteiger charge is 2.19. The summed E-state index contributed by atoms with van der Waals surface area (Å²) in [6, 6.07) is 10.2. The molecule has 0 unspecified atom stereocenters. The molecule has 1 heterocycles. The first kappa shape index (κ1) is 20.9. The third kappa shape index (κ3) is 4.97. The molecule has 0 aromatic heterocycles. The Morgan fingerprint density at radius 3 is 2.36 bits per heavy atom. The number of fused-ring (bicyclic) bond motifs is 1. The summed E-state index contributed by atoms with van der Waals surface area (Å²) in [5.41, 5.74) is 2.50. The summed E-state index contributed by atoms with van der Waals surface area (Å²) in [7, 11) is -0.223. The van der Waals surface area contributed by atoms with Crippen LogP contribution in [0.4, 0.5) is 0 Å². The van der Waals surface area contributed by atoms with Gasteiger partial charge in [-0.25, -0.2) is 13.1 Å². The topological polar surface area (TPSA) is 67.9 Å². The number of halogens is 1. The zero-order valence-corrected chi connectivity index (χ0v) is 17.6. The fourth-order valence-corrected chi connectivity index (χ4v) is 4.54. The van der Waals surface area contributed by atoms with Gasteiger partial charge >= 0.3 is 0 Å². The largest absolute Gasteiger partial charge is 0.493 e. The molecule has 2 aromatic rings. The summed E-state index contributed by atoms with van der Waals surface area (Å²) >= 11 is 5.81. The fourth-order valence-electron chi connectivity index (χ4n) is 3.34. The minimum Gasteiger partial charge on any atom is -0.493 e. The average Bonchev–Trinajstić information content (AvgIpc) is 2.70. The number of nitrogens with zero attached hydrogens (tertiary/aromatic N) is 1. The minimum absolute atomic E-state index is 0.227. The van der Waals surface area contributed by atoms with Crippen molar-refractivity contribution in [2.75, 3.05) is 33.9 Å². The summed E-state index contributed by atoms with van der Waals surface area (Å²) in [5.74, 6) is 1.49. The van der Waals surface area contributed by atoms with Gasteiger partial charge in [-0.15, -0.1) is 0 Å². The van der Waals surface area contributed by atoms with Gasteiger partial charge in [0.15, 0.2) is 11.5 Å². The number of sulfonamides is 1. The third-order valence-electron chi connectivity index (χ3n) is 4.86. The molecule has 2 aromatic carbocycles. The molecule has 3 rings (SSSR count). The molecule has 8 heteroatoms. The molecule has 6 nitrogen and oxygen atoms in total. The van der Waals surface area contributed by atoms with Crippen molar-refractivity contribution in [3.63, 3.8) is 0 Å². The predicted molar refractivity (Wildman–Crippen MR) is 110 cm³/mol. The lowest BCUT2D eigenvalue weighted by Crippen LogP contribution is -2.33. The Bertz CT molecular complexity index is 917. The van der Waals surface area contributed by atoms with Crippen LogP contribution in [-0.2, 0) is 23.0 Å². The normalized spacial score (nSPS) is 14.5. The van der Waals surface area contributed by atoms with Crippen LogP contribution in [0.1, 0.15) is 17.5 Å². The number of ether oxygens (including phenoxy) is 2. The number of hydrogen-bond acceptors (Lipinski definition) is 5. The van der Waals surface area contributed by atoms with E-state index in [1.807, 2.05) is 12.1 Å². The van der Waals surface area contributed by atoms with E-state index in [4.69, 9.17) is 21.1 Å². The van der Waals surface area contributed by atoms with Crippen LogP contribution in [0.25, 0.3) is 0 Å². The summed E-state index contributed by atoms with van der Waals surface area (Å²) in [6.45, 7) is 2.96. The Balaban J connectivity index is 1.52. The van der Waals surface area contributed by atoms with E-state index in [1.165, 1.54) is 23.3 Å². The van der Waals surface area contributed by atoms with E-state index in [-0.39, 0.29) is 4.90 Å². The van der Waals surface area contributed by atoms with Gasteiger partial charge in [-0.2, -0.15) is 0 Å². The summed E-state index contributed by atoms with van der Waals surface area (Å²) in [6.07, 6.45) is 1.67. The molecular formula is C20H25ClN2O4S. The van der Waals surface area contributed by atoms with Crippen molar-refractivity contribution in [1.29, 1.82) is 0 Å². The van der Waals surface area contributed by atoms with Crippen LogP contribution < -0.4 is 14.2 Å². The van der Waals surface area contributed by atoms with Crippen LogP contribution in [0.15, 0.2) is 41.3 Å². The van der Waals surface area contributed by atoms with E-state index in [1.54, 1.807) is 26.4 Å². The van der Waals surface area contributed by atoms with Crippen molar-refractivity contribution in [3.05, 3.63) is 52.5 Å². The SMILES string of the molecule is COc1cc2c(cc1OC)CN(CCCNS(=O)(=O)c1ccc(Cl)cc1)CC2. The van der Waals surface area contributed by atoms with E-state index < -0.39 is 10.0 Å². The number of hydrogen-bond donors (Lipinski definition) is 1. The fraction of sp³-hybridized carbons (Fsp3) is 0.400. The number of rotatable bonds is 8. The van der Waals surface area contributed by atoms with Gasteiger partial charge in [0.2, 0.25) is 10.0 Å². The highest BCUT2D eigenvalue weighted by molar-refractivity contribution is 7.89. The molecule has 1 aliphatic heterocycles. The van der Waals surface area contributed by atoms with Gasteiger partial charge in [-0.3, -0.25) is 4.90 Å². The van der Waals surface area contributed by atoms with Crippen LogP contribution in [-0.4, -0.2) is 47.2 Å². The van der Waals surface area contributed by atoms with Crippen molar-refractivity contribution < 1.29 is 17.9 Å². The van der Waals surface area contributed by atoms with E-state index in [2.05, 4.69) is 9.62 Å². The highest BCUT2D eigenvalue weighted by Crippen LogP contribution is 2.33. The van der Waals surface area contributed by atoms with Gasteiger partial charge in [0, 0.05) is 24.7 Å². The van der Waals surface area contributed by atoms with Crippen LogP contribution in [0, 0.1) is 0 Å². The van der Waals surface area contributed by atoms with E-state index in [0.29, 0.717) is 11.6 Å². The second-order valence-corrected chi connectivity index (χ2v) is 8.91. The third-order valence-corrected chi connectivity index (χ3v) is 6.59. The van der Waals surface area contributed by atoms with Gasteiger partial charge in [-0.1, -0.05) is 11.6 Å². The Kier molecular flexibility index (Phi) is 6.82. The maximum atomic E-state index is 12.3. The standard InChI is InChI=1S/C20H25ClN2O4S/c1-26-19-12-15-8-11-23(14-16(15)13-20(19)27-2)10-3-9-22-28(24,25)18-6-4-17(21)5-7-18/h4-7,12-13,22H,3,8-11,14H2,1-2H3. The molecule has 152 valence electrons. The lowest BCUT2D eigenvalue weighted by atomic mass is 9.98. The zero-order valence-electron chi connectivity index (χ0n) is 16.1. The molecule has 28 heavy (non-hydrogen) atoms. The predicted octanol–water partition coefficient (Wildman–Crippen LogP) is 3.08. The van der Waals surface area contributed by atoms with Crippen LogP contribution >= 0.6 is 11.6 Å². The van der Waals surface area contributed by atoms with Gasteiger partial charge in [0.25, 0.3) is 0 Å². The van der Waals surface area contributed by atoms with Gasteiger partial charge in [0.1, 0.15) is 0 Å². The molecule has 0 saturated carbocycles. The van der Waals surface area contributed by atoms with Gasteiger partial charge < -0.3 is 9.47 Å².